The van der Waals surface area contributed by atoms with Crippen molar-refractivity contribution in [2.75, 3.05) is 6.54 Å². The summed E-state index contributed by atoms with van der Waals surface area (Å²) in [5.74, 6) is 0.475. The van der Waals surface area contributed by atoms with E-state index in [1.54, 1.807) is 0 Å². The zero-order valence-corrected chi connectivity index (χ0v) is 13.2. The molecule has 1 aromatic rings. The maximum Gasteiger partial charge on any atom is 0.407 e. The monoisotopic (exact) mass is 305 g/mol. The van der Waals surface area contributed by atoms with Gasteiger partial charge < -0.3 is 20.9 Å². The van der Waals surface area contributed by atoms with Crippen LogP contribution in [-0.2, 0) is 6.42 Å². The summed E-state index contributed by atoms with van der Waals surface area (Å²) in [6.45, 7) is 6.59. The number of rotatable bonds is 3. The first-order valence-electron chi connectivity index (χ1n) is 7.46. The molecule has 0 aromatic heterocycles. The third kappa shape index (κ3) is 2.86. The molecular weight excluding hydrogens is 282 g/mol. The van der Waals surface area contributed by atoms with Crippen LogP contribution in [0.25, 0.3) is 0 Å². The van der Waals surface area contributed by atoms with Crippen molar-refractivity contribution in [3.63, 3.8) is 0 Å². The Hall–Kier alpha value is -2.24. The van der Waals surface area contributed by atoms with E-state index in [9.17, 15) is 9.90 Å². The number of hydrogen-bond donors (Lipinski definition) is 3. The van der Waals surface area contributed by atoms with Gasteiger partial charge in [0.15, 0.2) is 5.84 Å². The Bertz CT molecular complexity index is 611. The van der Waals surface area contributed by atoms with E-state index in [4.69, 9.17) is 10.9 Å². The lowest BCUT2D eigenvalue weighted by molar-refractivity contribution is 0.113. The number of amidine groups is 1. The molecule has 6 nitrogen and oxygen atoms in total. The van der Waals surface area contributed by atoms with Crippen LogP contribution in [0.3, 0.4) is 0 Å². The number of amides is 1. The van der Waals surface area contributed by atoms with Crippen LogP contribution in [0.1, 0.15) is 48.6 Å². The smallest absolute Gasteiger partial charge is 0.407 e. The maximum absolute atomic E-state index is 11.5. The van der Waals surface area contributed by atoms with Crippen molar-refractivity contribution in [2.24, 2.45) is 16.8 Å². The molecule has 1 unspecified atom stereocenters. The maximum atomic E-state index is 11.5. The summed E-state index contributed by atoms with van der Waals surface area (Å²) in [5.41, 5.74) is 9.54. The largest absolute Gasteiger partial charge is 0.465 e. The molecule has 0 fully saturated rings. The summed E-state index contributed by atoms with van der Waals surface area (Å²) in [5, 5.41) is 21.4. The van der Waals surface area contributed by atoms with E-state index < -0.39 is 6.09 Å². The molecule has 0 aliphatic carbocycles. The highest BCUT2D eigenvalue weighted by Gasteiger charge is 2.32. The highest BCUT2D eigenvalue weighted by molar-refractivity contribution is 5.98. The number of nitrogens with zero attached hydrogens (tertiary/aromatic N) is 2. The fraction of sp³-hybridized carbons (Fsp3) is 0.500. The molecule has 0 spiro atoms. The molecule has 0 saturated carbocycles. The van der Waals surface area contributed by atoms with Crippen molar-refractivity contribution in [1.82, 2.24) is 4.90 Å². The van der Waals surface area contributed by atoms with Gasteiger partial charge >= 0.3 is 6.09 Å². The summed E-state index contributed by atoms with van der Waals surface area (Å²) < 4.78 is 0. The molecule has 0 bridgehead atoms. The molecule has 22 heavy (non-hydrogen) atoms. The molecule has 1 aromatic carbocycles. The Balaban J connectivity index is 2.52. The lowest BCUT2D eigenvalue weighted by atomic mass is 9.84. The highest BCUT2D eigenvalue weighted by atomic mass is 16.4. The van der Waals surface area contributed by atoms with Gasteiger partial charge in [0.1, 0.15) is 0 Å². The van der Waals surface area contributed by atoms with Gasteiger partial charge in [-0.3, -0.25) is 0 Å². The van der Waals surface area contributed by atoms with E-state index in [1.807, 2.05) is 19.1 Å². The number of nitrogens with two attached hydrogens (primary N) is 1. The SMILES string of the molecule is Cc1c(C(N)=NO)ccc2c1CCN(C(=O)O)C2CC(C)C. The van der Waals surface area contributed by atoms with Crippen molar-refractivity contribution in [1.29, 1.82) is 0 Å². The second kappa shape index (κ2) is 6.25. The van der Waals surface area contributed by atoms with E-state index >= 15 is 0 Å². The first kappa shape index (κ1) is 16.1. The van der Waals surface area contributed by atoms with Crippen molar-refractivity contribution < 1.29 is 15.1 Å². The van der Waals surface area contributed by atoms with E-state index in [2.05, 4.69) is 19.0 Å². The second-order valence-electron chi connectivity index (χ2n) is 6.16. The minimum atomic E-state index is -0.880. The Morgan fingerprint density at radius 2 is 2.18 bits per heavy atom. The lowest BCUT2D eigenvalue weighted by Gasteiger charge is -2.37. The van der Waals surface area contributed by atoms with E-state index in [1.165, 1.54) is 4.90 Å². The number of oxime groups is 1. The van der Waals surface area contributed by atoms with Gasteiger partial charge in [0.2, 0.25) is 0 Å². The number of hydrogen-bond acceptors (Lipinski definition) is 3. The van der Waals surface area contributed by atoms with Gasteiger partial charge in [-0.1, -0.05) is 31.1 Å². The fourth-order valence-corrected chi connectivity index (χ4v) is 3.24. The zero-order valence-electron chi connectivity index (χ0n) is 13.2. The first-order chi connectivity index (χ1) is 10.4. The van der Waals surface area contributed by atoms with Crippen LogP contribution in [0.4, 0.5) is 4.79 Å². The Morgan fingerprint density at radius 1 is 1.50 bits per heavy atom. The Kier molecular flexibility index (Phi) is 4.59. The molecule has 1 heterocycles. The van der Waals surface area contributed by atoms with Crippen LogP contribution in [0.15, 0.2) is 17.3 Å². The van der Waals surface area contributed by atoms with Crippen LogP contribution in [0.5, 0.6) is 0 Å². The standard InChI is InChI=1S/C16H23N3O3/c1-9(2)8-14-13-5-4-12(15(17)18-22)10(3)11(13)6-7-19(14)16(20)21/h4-5,9,14,22H,6-8H2,1-3H3,(H2,17,18)(H,20,21). The van der Waals surface area contributed by atoms with E-state index in [0.717, 1.165) is 23.1 Å². The van der Waals surface area contributed by atoms with Crippen molar-refractivity contribution in [2.45, 2.75) is 39.7 Å². The molecule has 1 amide bonds. The summed E-state index contributed by atoms with van der Waals surface area (Å²) >= 11 is 0. The van der Waals surface area contributed by atoms with Gasteiger partial charge in [-0.25, -0.2) is 4.79 Å². The number of carboxylic acid groups (broad SMARTS) is 1. The minimum Gasteiger partial charge on any atom is -0.465 e. The Morgan fingerprint density at radius 3 is 2.73 bits per heavy atom. The molecule has 0 saturated heterocycles. The fourth-order valence-electron chi connectivity index (χ4n) is 3.24. The highest BCUT2D eigenvalue weighted by Crippen LogP contribution is 2.36. The molecule has 4 N–H and O–H groups in total. The van der Waals surface area contributed by atoms with E-state index in [-0.39, 0.29) is 11.9 Å². The Labute approximate surface area is 130 Å². The quantitative estimate of drug-likeness (QED) is 0.346. The summed E-state index contributed by atoms with van der Waals surface area (Å²) in [6, 6.07) is 3.58. The van der Waals surface area contributed by atoms with Crippen LogP contribution in [0, 0.1) is 12.8 Å². The van der Waals surface area contributed by atoms with Crippen LogP contribution >= 0.6 is 0 Å². The van der Waals surface area contributed by atoms with Gasteiger partial charge in [-0.15, -0.1) is 0 Å². The number of benzene rings is 1. The minimum absolute atomic E-state index is 0.0846. The number of fused-ring (bicyclic) bond motifs is 1. The predicted molar refractivity (Wildman–Crippen MR) is 84.3 cm³/mol. The summed E-state index contributed by atoms with van der Waals surface area (Å²) in [4.78, 5) is 13.0. The van der Waals surface area contributed by atoms with Crippen molar-refractivity contribution >= 4 is 11.9 Å². The zero-order chi connectivity index (χ0) is 16.4. The number of carbonyl (C=O) groups is 1. The third-order valence-electron chi connectivity index (χ3n) is 4.30. The predicted octanol–water partition coefficient (Wildman–Crippen LogP) is 2.71. The average molecular weight is 305 g/mol. The van der Waals surface area contributed by atoms with Crippen LogP contribution < -0.4 is 5.73 Å². The topological polar surface area (TPSA) is 99.2 Å². The molecular formula is C16H23N3O3. The second-order valence-corrected chi connectivity index (χ2v) is 6.16. The van der Waals surface area contributed by atoms with Gasteiger partial charge in [0, 0.05) is 12.1 Å². The lowest BCUT2D eigenvalue weighted by Crippen LogP contribution is -2.40. The molecule has 2 rings (SSSR count). The molecule has 1 aliphatic rings. The van der Waals surface area contributed by atoms with Crippen LogP contribution in [0.2, 0.25) is 0 Å². The summed E-state index contributed by atoms with van der Waals surface area (Å²) in [6.07, 6.45) is 0.547. The van der Waals surface area contributed by atoms with Gasteiger partial charge in [-0.05, 0) is 42.4 Å². The van der Waals surface area contributed by atoms with Gasteiger partial charge in [-0.2, -0.15) is 0 Å². The molecule has 1 aliphatic heterocycles. The van der Waals surface area contributed by atoms with Crippen molar-refractivity contribution in [3.05, 3.63) is 34.4 Å². The van der Waals surface area contributed by atoms with Crippen LogP contribution in [-0.4, -0.2) is 33.7 Å². The molecule has 0 radical (unpaired) electrons. The molecule has 120 valence electrons. The van der Waals surface area contributed by atoms with Gasteiger partial charge in [0.05, 0.1) is 6.04 Å². The normalized spacial score (nSPS) is 18.5. The average Bonchev–Trinajstić information content (AvgIpc) is 2.46. The van der Waals surface area contributed by atoms with E-state index in [0.29, 0.717) is 24.4 Å². The summed E-state index contributed by atoms with van der Waals surface area (Å²) in [7, 11) is 0. The molecule has 6 heteroatoms. The molecule has 1 atom stereocenters. The van der Waals surface area contributed by atoms with Crippen molar-refractivity contribution in [3.8, 4) is 0 Å². The third-order valence-corrected chi connectivity index (χ3v) is 4.30. The van der Waals surface area contributed by atoms with Gasteiger partial charge in [0.25, 0.3) is 0 Å². The first-order valence-corrected chi connectivity index (χ1v) is 7.46.